The third kappa shape index (κ3) is 7.29. The molecule has 1 saturated heterocycles. The van der Waals surface area contributed by atoms with E-state index in [0.717, 1.165) is 13.6 Å². The van der Waals surface area contributed by atoms with Gasteiger partial charge in [0.25, 0.3) is 5.97 Å². The molecule has 0 atom stereocenters. The number of hydrogen-bond donors (Lipinski definition) is 1. The number of hydrogen-bond acceptors (Lipinski definition) is 3. The van der Waals surface area contributed by atoms with Crippen LogP contribution in [0.3, 0.4) is 0 Å². The molecule has 1 aliphatic heterocycles. The van der Waals surface area contributed by atoms with Crippen molar-refractivity contribution in [2.45, 2.75) is 6.92 Å². The van der Waals surface area contributed by atoms with Crippen molar-refractivity contribution in [3.8, 4) is 0 Å². The van der Waals surface area contributed by atoms with Gasteiger partial charge in [0.2, 0.25) is 0 Å². The van der Waals surface area contributed by atoms with Crippen LogP contribution in [-0.4, -0.2) is 54.7 Å². The second-order valence-electron chi connectivity index (χ2n) is 2.82. The lowest BCUT2D eigenvalue weighted by atomic mass is 10.6. The molecule has 0 bridgehead atoms. The fraction of sp³-hybridized carbons (Fsp3) is 0.857. The molecule has 11 heavy (non-hydrogen) atoms. The Morgan fingerprint density at radius 1 is 1.27 bits per heavy atom. The lowest BCUT2D eigenvalue weighted by Gasteiger charge is -2.06. The number of carboxylic acid groups (broad SMARTS) is 1. The predicted octanol–water partition coefficient (Wildman–Crippen LogP) is -0.0880. The predicted molar refractivity (Wildman–Crippen MR) is 43.4 cm³/mol. The van der Waals surface area contributed by atoms with Crippen molar-refractivity contribution in [1.82, 2.24) is 9.80 Å². The summed E-state index contributed by atoms with van der Waals surface area (Å²) < 4.78 is 0. The fourth-order valence-electron chi connectivity index (χ4n) is 0.895. The highest BCUT2D eigenvalue weighted by Crippen LogP contribution is 1.95. The second kappa shape index (κ2) is 5.09. The summed E-state index contributed by atoms with van der Waals surface area (Å²) in [6, 6.07) is 0. The number of rotatable bonds is 0. The monoisotopic (exact) mass is 160 g/mol. The molecular formula is C7H16N2O2. The normalized spacial score (nSPS) is 19.2. The van der Waals surface area contributed by atoms with E-state index in [4.69, 9.17) is 9.90 Å². The molecule has 0 aliphatic carbocycles. The van der Waals surface area contributed by atoms with Crippen LogP contribution in [0.5, 0.6) is 0 Å². The standard InChI is InChI=1S/C5H12N2.C2H4O2/c1-6-3-4-7(2)5-6;1-2(3)4/h3-5H2,1-2H3;1H3,(H,3,4). The third-order valence-electron chi connectivity index (χ3n) is 1.35. The van der Waals surface area contributed by atoms with Crippen LogP contribution in [0.1, 0.15) is 6.92 Å². The van der Waals surface area contributed by atoms with Gasteiger partial charge in [-0.2, -0.15) is 0 Å². The first kappa shape index (κ1) is 10.4. The zero-order valence-corrected chi connectivity index (χ0v) is 7.37. The number of aliphatic carboxylic acids is 1. The van der Waals surface area contributed by atoms with Crippen molar-refractivity contribution in [3.05, 3.63) is 0 Å². The molecule has 4 nitrogen and oxygen atoms in total. The summed E-state index contributed by atoms with van der Waals surface area (Å²) in [6.45, 7) is 4.69. The van der Waals surface area contributed by atoms with Crippen molar-refractivity contribution < 1.29 is 9.90 Å². The lowest BCUT2D eigenvalue weighted by molar-refractivity contribution is -0.134. The minimum Gasteiger partial charge on any atom is -0.481 e. The summed E-state index contributed by atoms with van der Waals surface area (Å²) in [7, 11) is 4.28. The highest BCUT2D eigenvalue weighted by Gasteiger charge is 2.09. The van der Waals surface area contributed by atoms with Crippen LogP contribution < -0.4 is 0 Å². The van der Waals surface area contributed by atoms with E-state index in [2.05, 4.69) is 23.9 Å². The molecule has 0 saturated carbocycles. The van der Waals surface area contributed by atoms with E-state index in [1.54, 1.807) is 0 Å². The van der Waals surface area contributed by atoms with E-state index in [1.165, 1.54) is 13.1 Å². The molecular weight excluding hydrogens is 144 g/mol. The second-order valence-corrected chi connectivity index (χ2v) is 2.82. The van der Waals surface area contributed by atoms with Crippen molar-refractivity contribution in [1.29, 1.82) is 0 Å². The van der Waals surface area contributed by atoms with E-state index in [0.29, 0.717) is 0 Å². The highest BCUT2D eigenvalue weighted by atomic mass is 16.4. The van der Waals surface area contributed by atoms with Crippen LogP contribution in [0.25, 0.3) is 0 Å². The minimum absolute atomic E-state index is 0.833. The van der Waals surface area contributed by atoms with Gasteiger partial charge >= 0.3 is 0 Å². The Hall–Kier alpha value is -0.610. The summed E-state index contributed by atoms with van der Waals surface area (Å²) >= 11 is 0. The summed E-state index contributed by atoms with van der Waals surface area (Å²) in [5.74, 6) is -0.833. The Morgan fingerprint density at radius 2 is 1.55 bits per heavy atom. The van der Waals surface area contributed by atoms with Gasteiger partial charge in [-0.25, -0.2) is 0 Å². The number of likely N-dealkylation sites (N-methyl/N-ethyl adjacent to an activating group) is 2. The zero-order valence-electron chi connectivity index (χ0n) is 7.37. The van der Waals surface area contributed by atoms with E-state index in [1.807, 2.05) is 0 Å². The molecule has 0 aromatic heterocycles. The Kier molecular flexibility index (Phi) is 4.81. The van der Waals surface area contributed by atoms with E-state index < -0.39 is 5.97 Å². The van der Waals surface area contributed by atoms with Gasteiger partial charge in [0.1, 0.15) is 0 Å². The van der Waals surface area contributed by atoms with Crippen LogP contribution in [0, 0.1) is 0 Å². The highest BCUT2D eigenvalue weighted by molar-refractivity contribution is 5.62. The molecule has 0 radical (unpaired) electrons. The largest absolute Gasteiger partial charge is 0.481 e. The topological polar surface area (TPSA) is 43.8 Å². The van der Waals surface area contributed by atoms with Gasteiger partial charge in [0, 0.05) is 20.0 Å². The quantitative estimate of drug-likeness (QED) is 0.538. The van der Waals surface area contributed by atoms with Crippen molar-refractivity contribution >= 4 is 5.97 Å². The first-order chi connectivity index (χ1) is 5.02. The maximum atomic E-state index is 9.00. The Balaban J connectivity index is 0.000000218. The summed E-state index contributed by atoms with van der Waals surface area (Å²) in [5.41, 5.74) is 0. The summed E-state index contributed by atoms with van der Waals surface area (Å²) in [5, 5.41) is 7.42. The first-order valence-electron chi connectivity index (χ1n) is 3.59. The Bertz CT molecular complexity index is 116. The molecule has 1 rings (SSSR count). The Labute approximate surface area is 67.4 Å². The molecule has 1 N–H and O–H groups in total. The molecule has 1 heterocycles. The number of nitrogens with zero attached hydrogens (tertiary/aromatic N) is 2. The van der Waals surface area contributed by atoms with Gasteiger partial charge in [0.05, 0.1) is 6.67 Å². The molecule has 0 aromatic rings. The molecule has 1 fully saturated rings. The molecule has 0 spiro atoms. The van der Waals surface area contributed by atoms with Crippen LogP contribution in [0.2, 0.25) is 0 Å². The molecule has 0 aromatic carbocycles. The van der Waals surface area contributed by atoms with Gasteiger partial charge in [-0.05, 0) is 14.1 Å². The Morgan fingerprint density at radius 3 is 1.64 bits per heavy atom. The maximum absolute atomic E-state index is 9.00. The van der Waals surface area contributed by atoms with Gasteiger partial charge in [-0.15, -0.1) is 0 Å². The molecule has 4 heteroatoms. The third-order valence-corrected chi connectivity index (χ3v) is 1.35. The van der Waals surface area contributed by atoms with Crippen LogP contribution in [0.15, 0.2) is 0 Å². The SMILES string of the molecule is CC(=O)O.CN1CCN(C)C1. The smallest absolute Gasteiger partial charge is 0.300 e. The van der Waals surface area contributed by atoms with E-state index in [-0.39, 0.29) is 0 Å². The van der Waals surface area contributed by atoms with E-state index in [9.17, 15) is 0 Å². The summed E-state index contributed by atoms with van der Waals surface area (Å²) in [6.07, 6.45) is 0. The average Bonchev–Trinajstić information content (AvgIpc) is 2.13. The molecule has 0 amide bonds. The average molecular weight is 160 g/mol. The first-order valence-corrected chi connectivity index (χ1v) is 3.59. The van der Waals surface area contributed by atoms with Crippen molar-refractivity contribution in [2.24, 2.45) is 0 Å². The minimum atomic E-state index is -0.833. The lowest BCUT2D eigenvalue weighted by Crippen LogP contribution is -2.17. The van der Waals surface area contributed by atoms with Gasteiger partial charge in [-0.1, -0.05) is 0 Å². The van der Waals surface area contributed by atoms with Gasteiger partial charge < -0.3 is 5.11 Å². The number of carbonyl (C=O) groups is 1. The van der Waals surface area contributed by atoms with Crippen LogP contribution >= 0.6 is 0 Å². The zero-order chi connectivity index (χ0) is 8.85. The molecule has 66 valence electrons. The van der Waals surface area contributed by atoms with Gasteiger partial charge in [-0.3, -0.25) is 14.6 Å². The summed E-state index contributed by atoms with van der Waals surface area (Å²) in [4.78, 5) is 13.6. The number of carboxylic acids is 1. The molecule has 0 unspecified atom stereocenters. The molecule has 1 aliphatic rings. The van der Waals surface area contributed by atoms with Gasteiger partial charge in [0.15, 0.2) is 0 Å². The maximum Gasteiger partial charge on any atom is 0.300 e. The van der Waals surface area contributed by atoms with Crippen LogP contribution in [0.4, 0.5) is 0 Å². The van der Waals surface area contributed by atoms with Crippen molar-refractivity contribution in [2.75, 3.05) is 33.9 Å². The van der Waals surface area contributed by atoms with Crippen LogP contribution in [-0.2, 0) is 4.79 Å². The van der Waals surface area contributed by atoms with E-state index >= 15 is 0 Å². The fourth-order valence-corrected chi connectivity index (χ4v) is 0.895. The van der Waals surface area contributed by atoms with Crippen molar-refractivity contribution in [3.63, 3.8) is 0 Å².